The van der Waals surface area contributed by atoms with Crippen LogP contribution in [0.5, 0.6) is 0 Å². The molecule has 0 N–H and O–H groups in total. The Morgan fingerprint density at radius 3 is 2.36 bits per heavy atom. The Hall–Kier alpha value is -0.140. The summed E-state index contributed by atoms with van der Waals surface area (Å²) in [4.78, 5) is 0. The first-order valence-electron chi connectivity index (χ1n) is 4.87. The van der Waals surface area contributed by atoms with Gasteiger partial charge in [-0.25, -0.2) is 0 Å². The average Bonchev–Trinajstić information content (AvgIpc) is 2.16. The molecule has 0 saturated heterocycles. The van der Waals surface area contributed by atoms with Gasteiger partial charge in [-0.3, -0.25) is 0 Å². The summed E-state index contributed by atoms with van der Waals surface area (Å²) in [5, 5.41) is 0.538. The van der Waals surface area contributed by atoms with Gasteiger partial charge in [-0.15, -0.1) is 11.6 Å². The third-order valence-electron chi connectivity index (χ3n) is 2.37. The molecule has 0 saturated carbocycles. The standard InChI is InChI=1S/C12H17ClS/c1-9-5-4-6-10(2)12(9)8-14-11(3)7-13/h4-6,11H,7-8H2,1-3H3. The van der Waals surface area contributed by atoms with Crippen molar-refractivity contribution in [3.63, 3.8) is 0 Å². The minimum absolute atomic E-state index is 0.538. The van der Waals surface area contributed by atoms with E-state index in [1.54, 1.807) is 0 Å². The summed E-state index contributed by atoms with van der Waals surface area (Å²) in [7, 11) is 0. The highest BCUT2D eigenvalue weighted by Crippen LogP contribution is 2.23. The van der Waals surface area contributed by atoms with Crippen molar-refractivity contribution in [1.82, 2.24) is 0 Å². The number of halogens is 1. The van der Waals surface area contributed by atoms with Crippen molar-refractivity contribution in [3.05, 3.63) is 34.9 Å². The van der Waals surface area contributed by atoms with E-state index in [0.717, 1.165) is 11.6 Å². The number of rotatable bonds is 4. The van der Waals surface area contributed by atoms with Gasteiger partial charge in [-0.05, 0) is 30.5 Å². The number of aryl methyl sites for hydroxylation is 2. The summed E-state index contributed by atoms with van der Waals surface area (Å²) < 4.78 is 0. The highest BCUT2D eigenvalue weighted by Gasteiger charge is 2.05. The molecule has 0 aliphatic rings. The Balaban J connectivity index is 2.66. The number of benzene rings is 1. The lowest BCUT2D eigenvalue weighted by atomic mass is 10.1. The molecule has 0 heterocycles. The minimum Gasteiger partial charge on any atom is -0.153 e. The van der Waals surface area contributed by atoms with Gasteiger partial charge in [0.25, 0.3) is 0 Å². The first kappa shape index (κ1) is 11.9. The van der Waals surface area contributed by atoms with Crippen LogP contribution in [0.1, 0.15) is 23.6 Å². The number of thioether (sulfide) groups is 1. The normalized spacial score (nSPS) is 12.9. The summed E-state index contributed by atoms with van der Waals surface area (Å²) >= 11 is 7.70. The first-order valence-corrected chi connectivity index (χ1v) is 6.46. The molecule has 1 aromatic rings. The molecule has 0 radical (unpaired) electrons. The Labute approximate surface area is 96.0 Å². The van der Waals surface area contributed by atoms with Crippen LogP contribution in [-0.4, -0.2) is 11.1 Å². The van der Waals surface area contributed by atoms with Crippen LogP contribution in [0.3, 0.4) is 0 Å². The van der Waals surface area contributed by atoms with Crippen LogP contribution >= 0.6 is 23.4 Å². The first-order chi connectivity index (χ1) is 6.65. The lowest BCUT2D eigenvalue weighted by Gasteiger charge is -2.11. The second kappa shape index (κ2) is 5.67. The highest BCUT2D eigenvalue weighted by atomic mass is 35.5. The Morgan fingerprint density at radius 2 is 1.86 bits per heavy atom. The van der Waals surface area contributed by atoms with E-state index in [1.165, 1.54) is 16.7 Å². The molecule has 0 spiro atoms. The van der Waals surface area contributed by atoms with Gasteiger partial charge in [0.05, 0.1) is 0 Å². The second-order valence-electron chi connectivity index (χ2n) is 3.65. The molecule has 1 rings (SSSR count). The molecule has 1 atom stereocenters. The van der Waals surface area contributed by atoms with Gasteiger partial charge < -0.3 is 0 Å². The van der Waals surface area contributed by atoms with Gasteiger partial charge in [0.2, 0.25) is 0 Å². The zero-order valence-electron chi connectivity index (χ0n) is 9.01. The van der Waals surface area contributed by atoms with Crippen molar-refractivity contribution < 1.29 is 0 Å². The fourth-order valence-corrected chi connectivity index (χ4v) is 2.61. The average molecular weight is 229 g/mol. The molecule has 14 heavy (non-hydrogen) atoms. The van der Waals surface area contributed by atoms with Crippen LogP contribution in [0.25, 0.3) is 0 Å². The molecule has 0 fully saturated rings. The van der Waals surface area contributed by atoms with E-state index in [9.17, 15) is 0 Å². The molecule has 1 unspecified atom stereocenters. The van der Waals surface area contributed by atoms with Crippen LogP contribution in [0, 0.1) is 13.8 Å². The summed E-state index contributed by atoms with van der Waals surface area (Å²) in [6.45, 7) is 6.52. The van der Waals surface area contributed by atoms with E-state index >= 15 is 0 Å². The molecule has 78 valence electrons. The van der Waals surface area contributed by atoms with E-state index < -0.39 is 0 Å². The lowest BCUT2D eigenvalue weighted by Crippen LogP contribution is -1.99. The predicted molar refractivity (Wildman–Crippen MR) is 67.4 cm³/mol. The fraction of sp³-hybridized carbons (Fsp3) is 0.500. The maximum absolute atomic E-state index is 5.78. The largest absolute Gasteiger partial charge is 0.153 e. The van der Waals surface area contributed by atoms with E-state index in [4.69, 9.17) is 11.6 Å². The third-order valence-corrected chi connectivity index (χ3v) is 4.21. The van der Waals surface area contributed by atoms with E-state index in [2.05, 4.69) is 39.0 Å². The maximum Gasteiger partial charge on any atom is 0.0340 e. The van der Waals surface area contributed by atoms with Crippen molar-refractivity contribution in [3.8, 4) is 0 Å². The maximum atomic E-state index is 5.78. The van der Waals surface area contributed by atoms with Crippen molar-refractivity contribution in [2.24, 2.45) is 0 Å². The van der Waals surface area contributed by atoms with Crippen molar-refractivity contribution in [2.45, 2.75) is 31.8 Å². The molecule has 0 aliphatic carbocycles. The van der Waals surface area contributed by atoms with Crippen molar-refractivity contribution in [1.29, 1.82) is 0 Å². The molecule has 0 aromatic heterocycles. The van der Waals surface area contributed by atoms with Crippen LogP contribution in [0.4, 0.5) is 0 Å². The summed E-state index contributed by atoms with van der Waals surface area (Å²) in [6.07, 6.45) is 0. The molecule has 0 nitrogen and oxygen atoms in total. The number of alkyl halides is 1. The van der Waals surface area contributed by atoms with Crippen LogP contribution in [-0.2, 0) is 5.75 Å². The Morgan fingerprint density at radius 1 is 1.29 bits per heavy atom. The van der Waals surface area contributed by atoms with Gasteiger partial charge in [0.15, 0.2) is 0 Å². The molecule has 0 aliphatic heterocycles. The quantitative estimate of drug-likeness (QED) is 0.698. The molecule has 0 amide bonds. The molecular weight excluding hydrogens is 212 g/mol. The zero-order valence-corrected chi connectivity index (χ0v) is 10.6. The predicted octanol–water partition coefficient (Wildman–Crippen LogP) is 4.16. The topological polar surface area (TPSA) is 0 Å². The van der Waals surface area contributed by atoms with Crippen LogP contribution in [0.2, 0.25) is 0 Å². The number of hydrogen-bond donors (Lipinski definition) is 0. The van der Waals surface area contributed by atoms with E-state index in [1.807, 2.05) is 11.8 Å². The Bertz CT molecular complexity index is 276. The van der Waals surface area contributed by atoms with Gasteiger partial charge in [-0.1, -0.05) is 25.1 Å². The van der Waals surface area contributed by atoms with Crippen molar-refractivity contribution in [2.75, 3.05) is 5.88 Å². The SMILES string of the molecule is Cc1cccc(C)c1CSC(C)CCl. The molecule has 0 bridgehead atoms. The number of hydrogen-bond acceptors (Lipinski definition) is 1. The van der Waals surface area contributed by atoms with Gasteiger partial charge in [0.1, 0.15) is 0 Å². The monoisotopic (exact) mass is 228 g/mol. The molecule has 2 heteroatoms. The highest BCUT2D eigenvalue weighted by molar-refractivity contribution is 7.99. The zero-order chi connectivity index (χ0) is 10.6. The van der Waals surface area contributed by atoms with Crippen LogP contribution < -0.4 is 0 Å². The van der Waals surface area contributed by atoms with E-state index in [0.29, 0.717) is 5.25 Å². The second-order valence-corrected chi connectivity index (χ2v) is 5.38. The summed E-state index contributed by atoms with van der Waals surface area (Å²) in [5.41, 5.74) is 4.24. The molecular formula is C12H17ClS. The van der Waals surface area contributed by atoms with Crippen molar-refractivity contribution >= 4 is 23.4 Å². The molecule has 1 aromatic carbocycles. The van der Waals surface area contributed by atoms with Crippen LogP contribution in [0.15, 0.2) is 18.2 Å². The summed E-state index contributed by atoms with van der Waals surface area (Å²) in [6, 6.07) is 6.46. The lowest BCUT2D eigenvalue weighted by molar-refractivity contribution is 1.11. The minimum atomic E-state index is 0.538. The van der Waals surface area contributed by atoms with Gasteiger partial charge in [0, 0.05) is 16.9 Å². The third kappa shape index (κ3) is 3.21. The Kier molecular flexibility index (Phi) is 4.83. The van der Waals surface area contributed by atoms with Gasteiger partial charge in [-0.2, -0.15) is 11.8 Å². The van der Waals surface area contributed by atoms with E-state index in [-0.39, 0.29) is 0 Å². The fourth-order valence-electron chi connectivity index (χ4n) is 1.35. The smallest absolute Gasteiger partial charge is 0.0340 e. The summed E-state index contributed by atoms with van der Waals surface area (Å²) in [5.74, 6) is 1.81. The van der Waals surface area contributed by atoms with Gasteiger partial charge >= 0.3 is 0 Å².